The summed E-state index contributed by atoms with van der Waals surface area (Å²) in [6, 6.07) is 0. The van der Waals surface area contributed by atoms with Crippen LogP contribution in [0.5, 0.6) is 0 Å². The fourth-order valence-corrected chi connectivity index (χ4v) is 4.46. The quantitative estimate of drug-likeness (QED) is 0.0674. The average Bonchev–Trinajstić information content (AvgIpc) is 2.71. The maximum absolute atomic E-state index is 11.9. The molecule has 0 aliphatic rings. The van der Waals surface area contributed by atoms with Crippen molar-refractivity contribution in [2.24, 2.45) is 0 Å². The summed E-state index contributed by atoms with van der Waals surface area (Å²) in [5, 5.41) is 0. The third kappa shape index (κ3) is 23.5. The highest BCUT2D eigenvalue weighted by atomic mass is 35.5. The zero-order chi connectivity index (χ0) is 24.1. The summed E-state index contributed by atoms with van der Waals surface area (Å²) in [6.07, 6.45) is 17.7. The van der Waals surface area contributed by atoms with Gasteiger partial charge in [0.15, 0.2) is 0 Å². The molecule has 0 aliphatic heterocycles. The van der Waals surface area contributed by atoms with Crippen LogP contribution in [0.15, 0.2) is 0 Å². The zero-order valence-electron chi connectivity index (χ0n) is 21.3. The topological polar surface area (TPSA) is 67.8 Å². The Morgan fingerprint density at radius 1 is 0.812 bits per heavy atom. The molecule has 0 saturated carbocycles. The number of ether oxygens (including phenoxy) is 1. The van der Waals surface area contributed by atoms with Gasteiger partial charge in [-0.1, -0.05) is 90.4 Å². The predicted molar refractivity (Wildman–Crippen MR) is 133 cm³/mol. The summed E-state index contributed by atoms with van der Waals surface area (Å²) in [5.41, 5.74) is 0. The second-order valence-corrected chi connectivity index (χ2v) is 11.5. The number of halogens is 1. The van der Waals surface area contributed by atoms with Crippen molar-refractivity contribution in [2.45, 2.75) is 103 Å². The second kappa shape index (κ2) is 20.7. The summed E-state index contributed by atoms with van der Waals surface area (Å²) >= 11 is 5.83. The smallest absolute Gasteiger partial charge is 0.268 e. The molecule has 2 unspecified atom stereocenters. The first-order valence-electron chi connectivity index (χ1n) is 12.8. The maximum Gasteiger partial charge on any atom is 0.268 e. The van der Waals surface area contributed by atoms with Gasteiger partial charge in [0, 0.05) is 6.61 Å². The standard InChI is InChI=1S/C24H51ClNO5P/c1-5-6-7-8-9-10-11-12-13-14-15-16-17-18-20-29-23-24(22-25)31-32(27,28)30-21-19-26(2,3)4/h24H,5-23H2,1-4H3. The van der Waals surface area contributed by atoms with Crippen LogP contribution in [0.2, 0.25) is 0 Å². The van der Waals surface area contributed by atoms with E-state index in [4.69, 9.17) is 25.4 Å². The Morgan fingerprint density at radius 2 is 1.28 bits per heavy atom. The Kier molecular flexibility index (Phi) is 20.9. The van der Waals surface area contributed by atoms with Crippen LogP contribution in [0.25, 0.3) is 0 Å². The lowest BCUT2D eigenvalue weighted by molar-refractivity contribution is -0.870. The van der Waals surface area contributed by atoms with Gasteiger partial charge in [-0.3, -0.25) is 4.57 Å². The molecule has 0 aromatic rings. The SMILES string of the molecule is CCCCCCCCCCCCCCCCOCC(CCl)OP(=O)([O-])OCC[N+](C)(C)C. The lowest BCUT2D eigenvalue weighted by Gasteiger charge is -2.29. The van der Waals surface area contributed by atoms with Gasteiger partial charge in [-0.2, -0.15) is 0 Å². The highest BCUT2D eigenvalue weighted by Crippen LogP contribution is 2.40. The van der Waals surface area contributed by atoms with E-state index >= 15 is 0 Å². The molecule has 0 saturated heterocycles. The summed E-state index contributed by atoms with van der Waals surface area (Å²) < 4.78 is 28.1. The third-order valence-electron chi connectivity index (χ3n) is 5.41. The van der Waals surface area contributed by atoms with Crippen molar-refractivity contribution < 1.29 is 27.7 Å². The monoisotopic (exact) mass is 499 g/mol. The molecule has 8 heteroatoms. The molecule has 0 aromatic carbocycles. The number of quaternary nitrogens is 1. The number of nitrogens with zero attached hydrogens (tertiary/aromatic N) is 1. The number of rotatable bonds is 24. The van der Waals surface area contributed by atoms with E-state index in [1.165, 1.54) is 77.0 Å². The number of phosphoric acid groups is 1. The maximum atomic E-state index is 11.9. The number of hydrogen-bond acceptors (Lipinski definition) is 5. The van der Waals surface area contributed by atoms with E-state index in [2.05, 4.69) is 6.92 Å². The number of hydrogen-bond donors (Lipinski definition) is 0. The van der Waals surface area contributed by atoms with Gasteiger partial charge in [0.1, 0.15) is 19.3 Å². The molecule has 194 valence electrons. The Labute approximate surface area is 203 Å². The van der Waals surface area contributed by atoms with Crippen molar-refractivity contribution in [1.82, 2.24) is 0 Å². The molecule has 0 bridgehead atoms. The number of alkyl halides is 1. The van der Waals surface area contributed by atoms with Crippen molar-refractivity contribution >= 4 is 19.4 Å². The first-order valence-corrected chi connectivity index (χ1v) is 14.8. The molecule has 6 nitrogen and oxygen atoms in total. The highest BCUT2D eigenvalue weighted by molar-refractivity contribution is 7.45. The van der Waals surface area contributed by atoms with E-state index in [1.807, 2.05) is 21.1 Å². The van der Waals surface area contributed by atoms with Gasteiger partial charge in [0.2, 0.25) is 0 Å². The van der Waals surface area contributed by atoms with Gasteiger partial charge in [-0.15, -0.1) is 11.6 Å². The fourth-order valence-electron chi connectivity index (χ4n) is 3.36. The molecule has 0 radical (unpaired) electrons. The molecule has 0 N–H and O–H groups in total. The van der Waals surface area contributed by atoms with Crippen molar-refractivity contribution in [1.29, 1.82) is 0 Å². The summed E-state index contributed by atoms with van der Waals surface area (Å²) in [6.45, 7) is 3.67. The molecule has 0 rings (SSSR count). The van der Waals surface area contributed by atoms with E-state index in [-0.39, 0.29) is 19.1 Å². The zero-order valence-corrected chi connectivity index (χ0v) is 23.0. The van der Waals surface area contributed by atoms with Crippen LogP contribution in [0.4, 0.5) is 0 Å². The third-order valence-corrected chi connectivity index (χ3v) is 6.81. The molecule has 2 atom stereocenters. The van der Waals surface area contributed by atoms with Crippen LogP contribution in [0.1, 0.15) is 96.8 Å². The molecule has 0 spiro atoms. The molecular weight excluding hydrogens is 449 g/mol. The van der Waals surface area contributed by atoms with E-state index < -0.39 is 13.9 Å². The lowest BCUT2D eigenvalue weighted by Crippen LogP contribution is -2.37. The Bertz CT molecular complexity index is 462. The number of likely N-dealkylation sites (N-methyl/N-ethyl adjacent to an activating group) is 1. The van der Waals surface area contributed by atoms with Gasteiger partial charge >= 0.3 is 0 Å². The van der Waals surface area contributed by atoms with E-state index in [1.54, 1.807) is 0 Å². The largest absolute Gasteiger partial charge is 0.756 e. The van der Waals surface area contributed by atoms with E-state index in [0.717, 1.165) is 12.8 Å². The van der Waals surface area contributed by atoms with Gasteiger partial charge in [-0.05, 0) is 6.42 Å². The summed E-state index contributed by atoms with van der Waals surface area (Å²) in [5.74, 6) is 0.0453. The lowest BCUT2D eigenvalue weighted by atomic mass is 10.0. The van der Waals surface area contributed by atoms with Crippen molar-refractivity contribution in [3.8, 4) is 0 Å². The first-order chi connectivity index (χ1) is 15.2. The van der Waals surface area contributed by atoms with Gasteiger partial charge in [-0.25, -0.2) is 0 Å². The Morgan fingerprint density at radius 3 is 1.72 bits per heavy atom. The second-order valence-electron chi connectivity index (χ2n) is 9.85. The van der Waals surface area contributed by atoms with E-state index in [0.29, 0.717) is 17.6 Å². The number of unbranched alkanes of at least 4 members (excludes halogenated alkanes) is 13. The van der Waals surface area contributed by atoms with Crippen LogP contribution in [0.3, 0.4) is 0 Å². The minimum absolute atomic E-state index is 0.0453. The van der Waals surface area contributed by atoms with Crippen LogP contribution < -0.4 is 4.89 Å². The predicted octanol–water partition coefficient (Wildman–Crippen LogP) is 6.30. The number of phosphoric ester groups is 1. The van der Waals surface area contributed by atoms with E-state index in [9.17, 15) is 9.46 Å². The molecule has 0 fully saturated rings. The Hall–Kier alpha value is 0.320. The van der Waals surface area contributed by atoms with Crippen molar-refractivity contribution in [3.05, 3.63) is 0 Å². The fraction of sp³-hybridized carbons (Fsp3) is 1.00. The molecule has 0 aliphatic carbocycles. The van der Waals surface area contributed by atoms with Gasteiger partial charge < -0.3 is 23.2 Å². The molecule has 0 heterocycles. The summed E-state index contributed by atoms with van der Waals surface area (Å²) in [4.78, 5) is 11.9. The molecular formula is C24H51ClNO5P. The first kappa shape index (κ1) is 32.3. The van der Waals surface area contributed by atoms with Gasteiger partial charge in [0.25, 0.3) is 7.82 Å². The normalized spacial score (nSPS) is 15.1. The van der Waals surface area contributed by atoms with Crippen molar-refractivity contribution in [2.75, 3.05) is 53.4 Å². The molecule has 0 aromatic heterocycles. The van der Waals surface area contributed by atoms with Crippen LogP contribution in [0, 0.1) is 0 Å². The summed E-state index contributed by atoms with van der Waals surface area (Å²) in [7, 11) is 1.53. The van der Waals surface area contributed by atoms with Crippen LogP contribution in [-0.4, -0.2) is 64.0 Å². The minimum atomic E-state index is -4.37. The minimum Gasteiger partial charge on any atom is -0.756 e. The highest BCUT2D eigenvalue weighted by Gasteiger charge is 2.19. The van der Waals surface area contributed by atoms with Gasteiger partial charge in [0.05, 0.1) is 33.6 Å². The van der Waals surface area contributed by atoms with Crippen LogP contribution >= 0.6 is 19.4 Å². The molecule has 0 amide bonds. The molecule has 32 heavy (non-hydrogen) atoms. The van der Waals surface area contributed by atoms with Crippen LogP contribution in [-0.2, 0) is 18.3 Å². The van der Waals surface area contributed by atoms with Crippen molar-refractivity contribution in [3.63, 3.8) is 0 Å². The average molecular weight is 500 g/mol. The Balaban J connectivity index is 3.55.